The van der Waals surface area contributed by atoms with Gasteiger partial charge in [0.25, 0.3) is 0 Å². The van der Waals surface area contributed by atoms with E-state index in [2.05, 4.69) is 72.8 Å². The number of phosphoric ester groups is 2. The SMILES string of the molecule is CCCCCC/C=C\C=C/CCCCCCCC(=O)O[C@H](COC(=O)CCCCCCCCCC(C)C)COP(=O)(O)OC[C@@H](O)COP(=O)(O)OC[C@@H](COC(=O)CCCCCCCCC(C)C)OC(=O)CCCCCCCCCCCCCCCCCCCCC(C)CC. The number of ether oxygens (including phenoxy) is 4. The molecule has 0 spiro atoms. The maximum Gasteiger partial charge on any atom is 0.472 e. The highest BCUT2D eigenvalue weighted by molar-refractivity contribution is 7.47. The van der Waals surface area contributed by atoms with Crippen LogP contribution in [0.15, 0.2) is 24.3 Å². The summed E-state index contributed by atoms with van der Waals surface area (Å²) in [5, 5.41) is 10.6. The van der Waals surface area contributed by atoms with Crippen LogP contribution in [0.3, 0.4) is 0 Å². The highest BCUT2D eigenvalue weighted by Gasteiger charge is 2.30. The minimum atomic E-state index is -4.96. The van der Waals surface area contributed by atoms with Crippen LogP contribution in [0.5, 0.6) is 0 Å². The molecule has 0 bridgehead atoms. The van der Waals surface area contributed by atoms with Crippen molar-refractivity contribution in [2.75, 3.05) is 39.6 Å². The molecule has 0 aromatic rings. The van der Waals surface area contributed by atoms with E-state index in [4.69, 9.17) is 37.0 Å². The first-order valence-electron chi connectivity index (χ1n) is 39.2. The van der Waals surface area contributed by atoms with Gasteiger partial charge in [0.05, 0.1) is 26.4 Å². The molecule has 0 aliphatic heterocycles. The summed E-state index contributed by atoms with van der Waals surface area (Å²) in [7, 11) is -9.92. The van der Waals surface area contributed by atoms with Crippen LogP contribution < -0.4 is 0 Å². The van der Waals surface area contributed by atoms with Crippen LogP contribution in [0, 0.1) is 17.8 Å². The standard InChI is InChI=1S/C77H146O17P2/c1-8-10-11-12-13-14-15-16-21-25-28-31-36-46-53-60-76(81)93-72(64-87-74(79)58-51-44-38-33-34-41-48-55-68(3)4)66-91-95(83,84)89-62-71(78)63-90-96(85,86)92-67-73(65-88-75(80)59-52-45-40-39-42-49-56-69(5)6)94-77(82)61-54-47-37-32-29-26-23-20-18-17-19-22-24-27-30-35-43-50-57-70(7)9-2/h14-16,21,68-73,78H,8-13,17-20,22-67H2,1-7H3,(H,83,84)(H,85,86)/b15-14-,21-16-/t70?,71-,72-,73-/m1/s1. The monoisotopic (exact) mass is 1410 g/mol. The van der Waals surface area contributed by atoms with Crippen molar-refractivity contribution >= 4 is 39.5 Å². The smallest absolute Gasteiger partial charge is 0.462 e. The lowest BCUT2D eigenvalue weighted by Crippen LogP contribution is -2.30. The van der Waals surface area contributed by atoms with Crippen molar-refractivity contribution in [2.24, 2.45) is 17.8 Å². The van der Waals surface area contributed by atoms with E-state index < -0.39 is 97.5 Å². The maximum atomic E-state index is 13.1. The normalized spacial score (nSPS) is 14.5. The Morgan fingerprint density at radius 3 is 0.927 bits per heavy atom. The summed E-state index contributed by atoms with van der Waals surface area (Å²) in [5.41, 5.74) is 0. The molecule has 0 amide bonds. The predicted octanol–water partition coefficient (Wildman–Crippen LogP) is 22.1. The van der Waals surface area contributed by atoms with Crippen LogP contribution in [-0.4, -0.2) is 96.7 Å². The van der Waals surface area contributed by atoms with Gasteiger partial charge in [-0.25, -0.2) is 9.13 Å². The van der Waals surface area contributed by atoms with Crippen LogP contribution in [-0.2, 0) is 65.4 Å². The Bertz CT molecular complexity index is 1970. The van der Waals surface area contributed by atoms with Gasteiger partial charge in [-0.05, 0) is 69.1 Å². The molecule has 0 aliphatic carbocycles. The minimum Gasteiger partial charge on any atom is -0.462 e. The van der Waals surface area contributed by atoms with E-state index in [-0.39, 0.29) is 25.7 Å². The summed E-state index contributed by atoms with van der Waals surface area (Å²) in [4.78, 5) is 72.7. The third-order valence-corrected chi connectivity index (χ3v) is 19.5. The molecule has 0 heterocycles. The summed E-state index contributed by atoms with van der Waals surface area (Å²) in [6.45, 7) is 11.8. The van der Waals surface area contributed by atoms with Gasteiger partial charge in [0, 0.05) is 25.7 Å². The van der Waals surface area contributed by atoms with E-state index in [1.165, 1.54) is 154 Å². The number of rotatable bonds is 73. The summed E-state index contributed by atoms with van der Waals surface area (Å²) in [6, 6.07) is 0. The van der Waals surface area contributed by atoms with Gasteiger partial charge in [0.15, 0.2) is 12.2 Å². The third kappa shape index (κ3) is 68.7. The van der Waals surface area contributed by atoms with Crippen molar-refractivity contribution in [3.05, 3.63) is 24.3 Å². The topological polar surface area (TPSA) is 237 Å². The number of hydrogen-bond donors (Lipinski definition) is 3. The molecule has 566 valence electrons. The molecule has 19 heteroatoms. The first-order chi connectivity index (χ1) is 46.3. The molecule has 0 fully saturated rings. The first kappa shape index (κ1) is 93.5. The zero-order valence-electron chi connectivity index (χ0n) is 62.3. The van der Waals surface area contributed by atoms with Crippen LogP contribution in [0.25, 0.3) is 0 Å². The summed E-state index contributed by atoms with van der Waals surface area (Å²) in [5.74, 6) is 0.0969. The Morgan fingerprint density at radius 2 is 0.615 bits per heavy atom. The van der Waals surface area contributed by atoms with Crippen molar-refractivity contribution < 1.29 is 80.2 Å². The number of aliphatic hydroxyl groups is 1. The molecule has 0 radical (unpaired) electrons. The van der Waals surface area contributed by atoms with Crippen LogP contribution >= 0.6 is 15.6 Å². The lowest BCUT2D eigenvalue weighted by molar-refractivity contribution is -0.161. The van der Waals surface area contributed by atoms with Gasteiger partial charge in [-0.1, -0.05) is 317 Å². The van der Waals surface area contributed by atoms with Gasteiger partial charge >= 0.3 is 39.5 Å². The van der Waals surface area contributed by atoms with E-state index in [9.17, 15) is 43.2 Å². The number of carbonyl (C=O) groups is 4. The molecule has 3 N–H and O–H groups in total. The quantitative estimate of drug-likeness (QED) is 0.0169. The lowest BCUT2D eigenvalue weighted by atomic mass is 9.99. The van der Waals surface area contributed by atoms with Crippen LogP contribution in [0.1, 0.15) is 370 Å². The zero-order chi connectivity index (χ0) is 70.9. The predicted molar refractivity (Wildman–Crippen MR) is 390 cm³/mol. The van der Waals surface area contributed by atoms with E-state index in [0.717, 1.165) is 121 Å². The fourth-order valence-electron chi connectivity index (χ4n) is 11.2. The number of aliphatic hydroxyl groups excluding tert-OH is 1. The highest BCUT2D eigenvalue weighted by atomic mass is 31.2. The Morgan fingerprint density at radius 1 is 0.344 bits per heavy atom. The Hall–Kier alpha value is -2.46. The van der Waals surface area contributed by atoms with Crippen molar-refractivity contribution in [3.63, 3.8) is 0 Å². The summed E-state index contributed by atoms with van der Waals surface area (Å²) < 4.78 is 68.4. The highest BCUT2D eigenvalue weighted by Crippen LogP contribution is 2.45. The first-order valence-corrected chi connectivity index (χ1v) is 42.2. The number of hydrogen-bond acceptors (Lipinski definition) is 15. The number of phosphoric acid groups is 2. The fourth-order valence-corrected chi connectivity index (χ4v) is 12.8. The molecule has 17 nitrogen and oxygen atoms in total. The van der Waals surface area contributed by atoms with Gasteiger partial charge < -0.3 is 33.8 Å². The third-order valence-electron chi connectivity index (χ3n) is 17.6. The Labute approximate surface area is 586 Å². The van der Waals surface area contributed by atoms with E-state index >= 15 is 0 Å². The fraction of sp³-hybridized carbons (Fsp3) is 0.896. The summed E-state index contributed by atoms with van der Waals surface area (Å²) >= 11 is 0. The largest absolute Gasteiger partial charge is 0.472 e. The number of unbranched alkanes of at least 4 members (excludes halogenated alkanes) is 37. The molecule has 0 saturated heterocycles. The molecular formula is C77H146O17P2. The minimum absolute atomic E-state index is 0.0839. The van der Waals surface area contributed by atoms with Crippen LogP contribution in [0.2, 0.25) is 0 Å². The van der Waals surface area contributed by atoms with Gasteiger partial charge in [0.2, 0.25) is 0 Å². The van der Waals surface area contributed by atoms with Crippen molar-refractivity contribution in [1.82, 2.24) is 0 Å². The number of allylic oxidation sites excluding steroid dienone is 4. The molecule has 3 unspecified atom stereocenters. The molecule has 0 aromatic carbocycles. The second-order valence-electron chi connectivity index (χ2n) is 28.3. The van der Waals surface area contributed by atoms with E-state index in [1.54, 1.807) is 0 Å². The van der Waals surface area contributed by atoms with Gasteiger partial charge in [-0.3, -0.25) is 37.3 Å². The van der Waals surface area contributed by atoms with Crippen molar-refractivity contribution in [3.8, 4) is 0 Å². The lowest BCUT2D eigenvalue weighted by Gasteiger charge is -2.21. The summed E-state index contributed by atoms with van der Waals surface area (Å²) in [6.07, 6.45) is 56.7. The number of esters is 4. The second-order valence-corrected chi connectivity index (χ2v) is 31.2. The van der Waals surface area contributed by atoms with Gasteiger partial charge in [0.1, 0.15) is 19.3 Å². The molecule has 96 heavy (non-hydrogen) atoms. The molecular weight excluding hydrogens is 1260 g/mol. The van der Waals surface area contributed by atoms with Gasteiger partial charge in [-0.15, -0.1) is 0 Å². The van der Waals surface area contributed by atoms with E-state index in [1.807, 2.05) is 0 Å². The van der Waals surface area contributed by atoms with E-state index in [0.29, 0.717) is 37.5 Å². The second kappa shape index (κ2) is 67.1. The Balaban J connectivity index is 5.18. The Kier molecular flexibility index (Phi) is 65.3. The number of carbonyl (C=O) groups excluding carboxylic acids is 4. The molecule has 6 atom stereocenters. The zero-order valence-corrected chi connectivity index (χ0v) is 64.1. The average molecular weight is 1410 g/mol. The molecule has 0 aromatic heterocycles. The average Bonchev–Trinajstić information content (AvgIpc) is 1.77. The van der Waals surface area contributed by atoms with Gasteiger partial charge in [-0.2, -0.15) is 0 Å². The molecule has 0 aliphatic rings. The maximum absolute atomic E-state index is 13.1. The van der Waals surface area contributed by atoms with Crippen molar-refractivity contribution in [2.45, 2.75) is 388 Å². The molecule has 0 rings (SSSR count). The molecule has 0 saturated carbocycles. The van der Waals surface area contributed by atoms with Crippen molar-refractivity contribution in [1.29, 1.82) is 0 Å². The van der Waals surface area contributed by atoms with Crippen LogP contribution in [0.4, 0.5) is 0 Å².